The van der Waals surface area contributed by atoms with Gasteiger partial charge in [-0.2, -0.15) is 18.3 Å². The third-order valence-electron chi connectivity index (χ3n) is 7.32. The lowest BCUT2D eigenvalue weighted by Gasteiger charge is -2.31. The normalized spacial score (nSPS) is 13.3. The van der Waals surface area contributed by atoms with Crippen molar-refractivity contribution in [1.82, 2.24) is 9.78 Å². The van der Waals surface area contributed by atoms with Crippen molar-refractivity contribution < 1.29 is 22.7 Å². The third-order valence-corrected chi connectivity index (χ3v) is 7.32. The first-order valence-corrected chi connectivity index (χ1v) is 13.9. The predicted molar refractivity (Wildman–Crippen MR) is 158 cm³/mol. The van der Waals surface area contributed by atoms with Gasteiger partial charge in [-0.15, -0.1) is 0 Å². The number of hydrogen-bond donors (Lipinski definition) is 2. The van der Waals surface area contributed by atoms with Crippen molar-refractivity contribution in [1.29, 1.82) is 0 Å². The monoisotopic (exact) mass is 577 g/mol. The van der Waals surface area contributed by atoms with E-state index < -0.39 is 17.8 Å². The molecule has 0 spiro atoms. The summed E-state index contributed by atoms with van der Waals surface area (Å²) in [6, 6.07) is 16.3. The van der Waals surface area contributed by atoms with Gasteiger partial charge in [-0.1, -0.05) is 44.2 Å². The fraction of sp³-hybridized carbons (Fsp3) is 0.312. The Morgan fingerprint density at radius 3 is 2.48 bits per heavy atom. The van der Waals surface area contributed by atoms with Crippen molar-refractivity contribution in [2.24, 2.45) is 11.7 Å². The molecule has 1 aliphatic heterocycles. The standard InChI is InChI=1S/C32H34F3N5O2/c1-19(2)18-42-28-7-5-6-21(4)29(28)40-30(22-9-12-24(13-10-22)37-31(36)41)25-17-39(15-14-26(25)38-40)27-16-23(32(33,34)35)11-8-20(27)3/h5-13,16,19H,14-15,17-18H2,1-4H3,(H3,36,37,41). The Hall–Kier alpha value is -4.47. The summed E-state index contributed by atoms with van der Waals surface area (Å²) in [6.07, 6.45) is -3.88. The molecule has 0 bridgehead atoms. The lowest BCUT2D eigenvalue weighted by atomic mass is 9.98. The molecular weight excluding hydrogens is 543 g/mol. The van der Waals surface area contributed by atoms with Gasteiger partial charge >= 0.3 is 12.2 Å². The number of nitrogens with two attached hydrogens (primary N) is 1. The zero-order valence-electron chi connectivity index (χ0n) is 24.0. The molecule has 42 heavy (non-hydrogen) atoms. The number of aromatic nitrogens is 2. The quantitative estimate of drug-likeness (QED) is 0.242. The fourth-order valence-corrected chi connectivity index (χ4v) is 5.29. The smallest absolute Gasteiger partial charge is 0.416 e. The van der Waals surface area contributed by atoms with Gasteiger partial charge in [0.25, 0.3) is 0 Å². The van der Waals surface area contributed by atoms with Crippen molar-refractivity contribution in [2.75, 3.05) is 23.4 Å². The number of carbonyl (C=O) groups is 1. The Labute approximate surface area is 243 Å². The number of nitrogens with one attached hydrogen (secondary N) is 1. The summed E-state index contributed by atoms with van der Waals surface area (Å²) in [5.74, 6) is 1.01. The van der Waals surface area contributed by atoms with Crippen LogP contribution in [0.15, 0.2) is 60.7 Å². The minimum absolute atomic E-state index is 0.318. The number of amides is 2. The van der Waals surface area contributed by atoms with Crippen molar-refractivity contribution in [3.63, 3.8) is 0 Å². The van der Waals surface area contributed by atoms with Gasteiger partial charge in [0.05, 0.1) is 23.6 Å². The number of ether oxygens (including phenoxy) is 1. The summed E-state index contributed by atoms with van der Waals surface area (Å²) in [5.41, 5.74) is 11.7. The third kappa shape index (κ3) is 5.93. The number of hydrogen-bond acceptors (Lipinski definition) is 4. The molecule has 3 aromatic carbocycles. The van der Waals surface area contributed by atoms with Crippen LogP contribution < -0.4 is 20.7 Å². The Morgan fingerprint density at radius 2 is 1.81 bits per heavy atom. The van der Waals surface area contributed by atoms with E-state index in [0.717, 1.165) is 45.4 Å². The number of rotatable bonds is 7. The molecule has 5 rings (SSSR count). The van der Waals surface area contributed by atoms with E-state index in [-0.39, 0.29) is 0 Å². The average Bonchev–Trinajstić information content (AvgIpc) is 3.29. The van der Waals surface area contributed by atoms with Gasteiger partial charge in [-0.3, -0.25) is 0 Å². The van der Waals surface area contributed by atoms with Crippen LogP contribution in [0.3, 0.4) is 0 Å². The van der Waals surface area contributed by atoms with Gasteiger partial charge in [-0.05, 0) is 61.2 Å². The number of benzene rings is 3. The van der Waals surface area contributed by atoms with Crippen LogP contribution in [0.1, 0.15) is 41.8 Å². The van der Waals surface area contributed by atoms with Gasteiger partial charge in [-0.25, -0.2) is 9.48 Å². The summed E-state index contributed by atoms with van der Waals surface area (Å²) >= 11 is 0. The number of urea groups is 1. The Kier molecular flexibility index (Phi) is 7.90. The minimum Gasteiger partial charge on any atom is -0.491 e. The van der Waals surface area contributed by atoms with Crippen molar-refractivity contribution in [2.45, 2.75) is 46.8 Å². The summed E-state index contributed by atoms with van der Waals surface area (Å²) < 4.78 is 48.9. The summed E-state index contributed by atoms with van der Waals surface area (Å²) in [6.45, 7) is 9.42. The number of fused-ring (bicyclic) bond motifs is 1. The molecular formula is C32H34F3N5O2. The highest BCUT2D eigenvalue weighted by atomic mass is 19.4. The maximum Gasteiger partial charge on any atom is 0.416 e. The van der Waals surface area contributed by atoms with Gasteiger partial charge in [0.1, 0.15) is 11.4 Å². The number of alkyl halides is 3. The summed E-state index contributed by atoms with van der Waals surface area (Å²) in [4.78, 5) is 13.4. The van der Waals surface area contributed by atoms with Crippen LogP contribution in [0.5, 0.6) is 5.75 Å². The predicted octanol–water partition coefficient (Wildman–Crippen LogP) is 7.26. The van der Waals surface area contributed by atoms with E-state index in [4.69, 9.17) is 15.6 Å². The molecule has 0 saturated heterocycles. The summed E-state index contributed by atoms with van der Waals surface area (Å²) in [5, 5.41) is 7.64. The second-order valence-electron chi connectivity index (χ2n) is 11.0. The number of primary amides is 1. The van der Waals surface area contributed by atoms with Crippen LogP contribution in [0.2, 0.25) is 0 Å². The Balaban J connectivity index is 1.65. The van der Waals surface area contributed by atoms with Crippen LogP contribution >= 0.6 is 0 Å². The molecule has 7 nitrogen and oxygen atoms in total. The van der Waals surface area contributed by atoms with E-state index in [9.17, 15) is 18.0 Å². The zero-order chi connectivity index (χ0) is 30.2. The fourth-order valence-electron chi connectivity index (χ4n) is 5.29. The highest BCUT2D eigenvalue weighted by Gasteiger charge is 2.33. The van der Waals surface area contributed by atoms with Crippen LogP contribution in [0, 0.1) is 19.8 Å². The van der Waals surface area contributed by atoms with E-state index >= 15 is 0 Å². The average molecular weight is 578 g/mol. The van der Waals surface area contributed by atoms with Crippen LogP contribution in [0.4, 0.5) is 29.3 Å². The first kappa shape index (κ1) is 29.0. The highest BCUT2D eigenvalue weighted by molar-refractivity contribution is 5.88. The van der Waals surface area contributed by atoms with E-state index in [2.05, 4.69) is 19.2 Å². The Bertz CT molecular complexity index is 1610. The molecule has 3 N–H and O–H groups in total. The molecule has 0 unspecified atom stereocenters. The van der Waals surface area contributed by atoms with E-state index in [1.54, 1.807) is 12.1 Å². The molecule has 10 heteroatoms. The van der Waals surface area contributed by atoms with Gasteiger partial charge in [0.2, 0.25) is 0 Å². The second kappa shape index (κ2) is 11.4. The lowest BCUT2D eigenvalue weighted by molar-refractivity contribution is -0.137. The van der Waals surface area contributed by atoms with Crippen molar-refractivity contribution >= 4 is 17.4 Å². The molecule has 220 valence electrons. The molecule has 4 aromatic rings. The van der Waals surface area contributed by atoms with E-state index in [1.165, 1.54) is 12.1 Å². The molecule has 2 heterocycles. The van der Waals surface area contributed by atoms with Crippen LogP contribution in [-0.4, -0.2) is 29.0 Å². The number of para-hydroxylation sites is 1. The number of anilines is 2. The molecule has 0 saturated carbocycles. The Morgan fingerprint density at radius 1 is 1.07 bits per heavy atom. The van der Waals surface area contributed by atoms with E-state index in [0.29, 0.717) is 49.2 Å². The first-order chi connectivity index (χ1) is 19.9. The molecule has 1 aromatic heterocycles. The maximum absolute atomic E-state index is 13.6. The topological polar surface area (TPSA) is 85.4 Å². The highest BCUT2D eigenvalue weighted by Crippen LogP contribution is 2.40. The maximum atomic E-state index is 13.6. The lowest BCUT2D eigenvalue weighted by Crippen LogP contribution is -2.31. The summed E-state index contributed by atoms with van der Waals surface area (Å²) in [7, 11) is 0. The second-order valence-corrected chi connectivity index (χ2v) is 11.0. The molecule has 0 fully saturated rings. The van der Waals surface area contributed by atoms with Crippen LogP contribution in [-0.2, 0) is 19.1 Å². The van der Waals surface area contributed by atoms with Gasteiger partial charge in [0, 0.05) is 42.0 Å². The SMILES string of the molecule is Cc1ccc(C(F)(F)F)cc1N1CCc2nn(-c3c(C)cccc3OCC(C)C)c(-c3ccc(NC(N)=O)cc3)c2C1. The zero-order valence-corrected chi connectivity index (χ0v) is 24.0. The number of carbonyl (C=O) groups excluding carboxylic acids is 1. The number of aryl methyl sites for hydroxylation is 2. The number of nitrogens with zero attached hydrogens (tertiary/aromatic N) is 3. The van der Waals surface area contributed by atoms with Crippen molar-refractivity contribution in [3.05, 3.63) is 88.6 Å². The minimum atomic E-state index is -4.43. The molecule has 0 radical (unpaired) electrons. The van der Waals surface area contributed by atoms with Crippen LogP contribution in [0.25, 0.3) is 16.9 Å². The molecule has 1 aliphatic rings. The molecule has 0 atom stereocenters. The molecule has 0 aliphatic carbocycles. The van der Waals surface area contributed by atoms with Gasteiger partial charge in [0.15, 0.2) is 0 Å². The first-order valence-electron chi connectivity index (χ1n) is 13.9. The number of halogens is 3. The van der Waals surface area contributed by atoms with E-state index in [1.807, 2.05) is 53.8 Å². The van der Waals surface area contributed by atoms with Crippen molar-refractivity contribution in [3.8, 4) is 22.7 Å². The molecule has 2 amide bonds. The largest absolute Gasteiger partial charge is 0.491 e. The van der Waals surface area contributed by atoms with Gasteiger partial charge < -0.3 is 20.7 Å².